The number of nitro groups is 1. The first-order valence-corrected chi connectivity index (χ1v) is 9.15. The van der Waals surface area contributed by atoms with E-state index in [0.29, 0.717) is 5.92 Å². The lowest BCUT2D eigenvalue weighted by atomic mass is 9.97. The Labute approximate surface area is 169 Å². The number of hydrogen-bond acceptors (Lipinski definition) is 6. The van der Waals surface area contributed by atoms with Gasteiger partial charge in [-0.25, -0.2) is 4.79 Å². The summed E-state index contributed by atoms with van der Waals surface area (Å²) in [6, 6.07) is 12.9. The molecule has 0 saturated carbocycles. The number of methoxy groups -OCH3 is 1. The second-order valence-corrected chi connectivity index (χ2v) is 6.88. The molecule has 0 aromatic heterocycles. The summed E-state index contributed by atoms with van der Waals surface area (Å²) in [5, 5.41) is 13.8. The molecule has 1 atom stereocenters. The third-order valence-electron chi connectivity index (χ3n) is 4.19. The van der Waals surface area contributed by atoms with Gasteiger partial charge in [-0.3, -0.25) is 14.9 Å². The molecule has 0 spiro atoms. The maximum atomic E-state index is 12.3. The van der Waals surface area contributed by atoms with E-state index in [1.807, 2.05) is 30.3 Å². The molecule has 2 rings (SSSR count). The number of non-ortho nitro benzene ring substituents is 1. The molecular formula is C21H24N2O6. The Balaban J connectivity index is 2.05. The molecule has 1 N–H and O–H groups in total. The summed E-state index contributed by atoms with van der Waals surface area (Å²) in [4.78, 5) is 35.0. The van der Waals surface area contributed by atoms with Crippen LogP contribution < -0.4 is 10.1 Å². The van der Waals surface area contributed by atoms with Crippen LogP contribution in [0.2, 0.25) is 0 Å². The molecule has 0 bridgehead atoms. The predicted octanol–water partition coefficient (Wildman–Crippen LogP) is 3.66. The van der Waals surface area contributed by atoms with Crippen molar-refractivity contribution in [1.29, 1.82) is 0 Å². The Hall–Kier alpha value is -3.42. The third kappa shape index (κ3) is 6.31. The van der Waals surface area contributed by atoms with Crippen LogP contribution in [-0.4, -0.2) is 30.5 Å². The monoisotopic (exact) mass is 400 g/mol. The van der Waals surface area contributed by atoms with E-state index in [4.69, 9.17) is 9.47 Å². The highest BCUT2D eigenvalue weighted by molar-refractivity contribution is 5.94. The fourth-order valence-corrected chi connectivity index (χ4v) is 2.85. The van der Waals surface area contributed by atoms with Gasteiger partial charge in [-0.2, -0.15) is 0 Å². The number of carbonyl (C=O) groups is 2. The molecule has 29 heavy (non-hydrogen) atoms. The van der Waals surface area contributed by atoms with Gasteiger partial charge < -0.3 is 14.8 Å². The molecular weight excluding hydrogens is 376 g/mol. The van der Waals surface area contributed by atoms with Gasteiger partial charge in [0, 0.05) is 12.1 Å². The molecule has 0 radical (unpaired) electrons. The van der Waals surface area contributed by atoms with Crippen molar-refractivity contribution in [2.75, 3.05) is 13.7 Å². The first-order chi connectivity index (χ1) is 13.8. The minimum Gasteiger partial charge on any atom is -0.496 e. The highest BCUT2D eigenvalue weighted by Crippen LogP contribution is 2.25. The molecule has 0 unspecified atom stereocenters. The van der Waals surface area contributed by atoms with Gasteiger partial charge >= 0.3 is 5.97 Å². The SMILES string of the molecule is COc1ccc([N+](=O)[O-])cc1C(=O)OCC(=O)N[C@H](CC(C)C)c1ccccc1. The van der Waals surface area contributed by atoms with Crippen LogP contribution in [-0.2, 0) is 9.53 Å². The van der Waals surface area contributed by atoms with Gasteiger partial charge in [-0.15, -0.1) is 0 Å². The molecule has 1 amide bonds. The molecule has 0 aliphatic carbocycles. The molecule has 0 aliphatic heterocycles. The zero-order valence-corrected chi connectivity index (χ0v) is 16.6. The second-order valence-electron chi connectivity index (χ2n) is 6.88. The summed E-state index contributed by atoms with van der Waals surface area (Å²) in [5.74, 6) is -0.863. The lowest BCUT2D eigenvalue weighted by Crippen LogP contribution is -2.33. The van der Waals surface area contributed by atoms with Crippen molar-refractivity contribution in [2.24, 2.45) is 5.92 Å². The molecule has 154 valence electrons. The van der Waals surface area contributed by atoms with Crippen LogP contribution in [0.3, 0.4) is 0 Å². The van der Waals surface area contributed by atoms with E-state index in [9.17, 15) is 19.7 Å². The van der Waals surface area contributed by atoms with Gasteiger partial charge in [0.05, 0.1) is 18.1 Å². The molecule has 0 fully saturated rings. The van der Waals surface area contributed by atoms with Crippen LogP contribution in [0.15, 0.2) is 48.5 Å². The Morgan fingerprint density at radius 2 is 1.83 bits per heavy atom. The van der Waals surface area contributed by atoms with E-state index >= 15 is 0 Å². The van der Waals surface area contributed by atoms with E-state index in [2.05, 4.69) is 19.2 Å². The van der Waals surface area contributed by atoms with Crippen LogP contribution in [0, 0.1) is 16.0 Å². The van der Waals surface area contributed by atoms with E-state index in [1.54, 1.807) is 0 Å². The lowest BCUT2D eigenvalue weighted by Gasteiger charge is -2.21. The fourth-order valence-electron chi connectivity index (χ4n) is 2.85. The number of ether oxygens (including phenoxy) is 2. The zero-order chi connectivity index (χ0) is 21.4. The predicted molar refractivity (Wildman–Crippen MR) is 107 cm³/mol. The van der Waals surface area contributed by atoms with Crippen molar-refractivity contribution in [3.8, 4) is 5.75 Å². The Morgan fingerprint density at radius 3 is 2.41 bits per heavy atom. The first-order valence-electron chi connectivity index (χ1n) is 9.15. The third-order valence-corrected chi connectivity index (χ3v) is 4.19. The standard InChI is InChI=1S/C21H24N2O6/c1-14(2)11-18(15-7-5-4-6-8-15)22-20(24)13-29-21(25)17-12-16(23(26)27)9-10-19(17)28-3/h4-10,12,14,18H,11,13H2,1-3H3,(H,22,24)/t18-/m1/s1. The fraction of sp³-hybridized carbons (Fsp3) is 0.333. The maximum absolute atomic E-state index is 12.3. The van der Waals surface area contributed by atoms with E-state index in [-0.39, 0.29) is 23.0 Å². The lowest BCUT2D eigenvalue weighted by molar-refractivity contribution is -0.384. The van der Waals surface area contributed by atoms with Crippen molar-refractivity contribution in [1.82, 2.24) is 5.32 Å². The highest BCUT2D eigenvalue weighted by Gasteiger charge is 2.21. The highest BCUT2D eigenvalue weighted by atomic mass is 16.6. The summed E-state index contributed by atoms with van der Waals surface area (Å²) >= 11 is 0. The number of nitro benzene ring substituents is 1. The van der Waals surface area contributed by atoms with Crippen LogP contribution in [0.25, 0.3) is 0 Å². The number of esters is 1. The zero-order valence-electron chi connectivity index (χ0n) is 16.6. The number of hydrogen-bond donors (Lipinski definition) is 1. The van der Waals surface area contributed by atoms with Crippen molar-refractivity contribution in [3.05, 3.63) is 69.8 Å². The molecule has 8 heteroatoms. The number of carbonyl (C=O) groups excluding carboxylic acids is 2. The second kappa shape index (κ2) is 10.2. The molecule has 0 heterocycles. The van der Waals surface area contributed by atoms with Crippen molar-refractivity contribution in [2.45, 2.75) is 26.3 Å². The average molecular weight is 400 g/mol. The Morgan fingerprint density at radius 1 is 1.14 bits per heavy atom. The Kier molecular flexibility index (Phi) is 7.70. The molecule has 2 aromatic carbocycles. The van der Waals surface area contributed by atoms with Crippen molar-refractivity contribution in [3.63, 3.8) is 0 Å². The summed E-state index contributed by atoms with van der Waals surface area (Å²) < 4.78 is 10.1. The topological polar surface area (TPSA) is 108 Å². The quantitative estimate of drug-likeness (QED) is 0.391. The van der Waals surface area contributed by atoms with Gasteiger partial charge in [0.25, 0.3) is 11.6 Å². The minimum atomic E-state index is -0.874. The Bertz CT molecular complexity index is 867. The number of amides is 1. The largest absolute Gasteiger partial charge is 0.496 e. The molecule has 0 aliphatic rings. The smallest absolute Gasteiger partial charge is 0.342 e. The van der Waals surface area contributed by atoms with Gasteiger partial charge in [0.2, 0.25) is 0 Å². The van der Waals surface area contributed by atoms with E-state index < -0.39 is 23.4 Å². The number of nitrogens with one attached hydrogen (secondary N) is 1. The minimum absolute atomic E-state index is 0.115. The van der Waals surface area contributed by atoms with E-state index in [1.165, 1.54) is 19.2 Å². The normalized spacial score (nSPS) is 11.6. The molecule has 8 nitrogen and oxygen atoms in total. The molecule has 0 saturated heterocycles. The van der Waals surface area contributed by atoms with Crippen molar-refractivity contribution < 1.29 is 24.0 Å². The maximum Gasteiger partial charge on any atom is 0.342 e. The summed E-state index contributed by atoms with van der Waals surface area (Å²) in [5.41, 5.74) is 0.570. The van der Waals surface area contributed by atoms with Gasteiger partial charge in [-0.05, 0) is 24.0 Å². The van der Waals surface area contributed by atoms with Gasteiger partial charge in [-0.1, -0.05) is 44.2 Å². The summed E-state index contributed by atoms with van der Waals surface area (Å²) in [6.07, 6.45) is 0.725. The van der Waals surface area contributed by atoms with Crippen LogP contribution in [0.4, 0.5) is 5.69 Å². The summed E-state index contributed by atoms with van der Waals surface area (Å²) in [6.45, 7) is 3.60. The number of benzene rings is 2. The van der Waals surface area contributed by atoms with Gasteiger partial charge in [0.1, 0.15) is 11.3 Å². The van der Waals surface area contributed by atoms with Crippen molar-refractivity contribution >= 4 is 17.6 Å². The number of rotatable bonds is 9. The van der Waals surface area contributed by atoms with Gasteiger partial charge in [0.15, 0.2) is 6.61 Å². The van der Waals surface area contributed by atoms with Crippen LogP contribution in [0.1, 0.15) is 42.2 Å². The first kappa shape index (κ1) is 21.9. The molecule has 2 aromatic rings. The summed E-state index contributed by atoms with van der Waals surface area (Å²) in [7, 11) is 1.33. The average Bonchev–Trinajstić information content (AvgIpc) is 2.71. The number of nitrogens with zero attached hydrogens (tertiary/aromatic N) is 1. The van der Waals surface area contributed by atoms with E-state index in [0.717, 1.165) is 18.1 Å². The van der Waals surface area contributed by atoms with Crippen LogP contribution >= 0.6 is 0 Å². The van der Waals surface area contributed by atoms with Crippen LogP contribution in [0.5, 0.6) is 5.75 Å².